The molecule has 4 heavy (non-hydrogen) atoms. The first kappa shape index (κ1) is 3.46. The third-order valence-electron chi connectivity index (χ3n) is 0.0745. The maximum atomic E-state index is 5.90. The second kappa shape index (κ2) is 2.46. The van der Waals surface area contributed by atoms with Gasteiger partial charge in [-0.25, -0.2) is 0 Å². The van der Waals surface area contributed by atoms with Gasteiger partial charge in [-0.15, -0.1) is 0 Å². The van der Waals surface area contributed by atoms with Crippen LogP contribution in [-0.2, 0) is 0 Å². The van der Waals surface area contributed by atoms with Gasteiger partial charge in [0, 0.05) is 0 Å². The van der Waals surface area contributed by atoms with Crippen LogP contribution in [0.25, 0.3) is 5.84 Å². The van der Waals surface area contributed by atoms with Crippen molar-refractivity contribution in [3.05, 3.63) is 5.84 Å². The van der Waals surface area contributed by atoms with Gasteiger partial charge in [0.25, 0.3) is 0 Å². The van der Waals surface area contributed by atoms with E-state index < -0.39 is 0 Å². The predicted molar refractivity (Wildman–Crippen MR) is 16.7 cm³/mol. The summed E-state index contributed by atoms with van der Waals surface area (Å²) in [5, 5.41) is 2.64. The third kappa shape index (κ3) is 1.46. The van der Waals surface area contributed by atoms with E-state index in [1.54, 1.807) is 0 Å². The van der Waals surface area contributed by atoms with Gasteiger partial charge in [0.15, 0.2) is 0 Å². The first-order valence-electron chi connectivity index (χ1n) is 0.815. The number of rotatable bonds is 0. The van der Waals surface area contributed by atoms with Crippen molar-refractivity contribution in [2.75, 3.05) is 0 Å². The second-order valence-corrected chi connectivity index (χ2v) is 0.278. The maximum absolute atomic E-state index is 5.90. The topological polar surface area (TPSA) is 62.2 Å². The molecule has 22 valence electrons. The molecule has 0 saturated heterocycles. The molecule has 0 fully saturated rings. The van der Waals surface area contributed by atoms with Crippen molar-refractivity contribution in [3.8, 4) is 0 Å². The van der Waals surface area contributed by atoms with E-state index in [0.717, 1.165) is 7.21 Å². The molecule has 0 radical (unpaired) electrons. The van der Waals surface area contributed by atoms with Crippen molar-refractivity contribution < 1.29 is 0 Å². The van der Waals surface area contributed by atoms with Crippen LogP contribution in [0.5, 0.6) is 0 Å². The zero-order chi connectivity index (χ0) is 3.41. The van der Waals surface area contributed by atoms with E-state index in [9.17, 15) is 0 Å². The molecule has 0 heterocycles. The number of nitrogens with one attached hydrogen (secondary N) is 1. The molecule has 0 spiro atoms. The number of hydrogen-bond acceptors (Lipinski definition) is 1. The Morgan fingerprint density at radius 3 is 2.25 bits per heavy atom. The minimum absolute atomic E-state index is 0.917. The predicted octanol–water partition coefficient (Wildman–Crippen LogP) is -0.285. The Labute approximate surface area is 24.9 Å². The van der Waals surface area contributed by atoms with Crippen LogP contribution in [0.3, 0.4) is 0 Å². The Morgan fingerprint density at radius 2 is 2.25 bits per heavy atom. The standard InChI is InChI=1S/BH3N3/c2-1-4-3/h3H,2H2/q-1. The van der Waals surface area contributed by atoms with Crippen molar-refractivity contribution >= 4 is 7.21 Å². The Morgan fingerprint density at radius 1 is 2.00 bits per heavy atom. The fourth-order valence-corrected chi connectivity index (χ4v) is 0. The van der Waals surface area contributed by atoms with Crippen LogP contribution in [-0.4, -0.2) is 7.21 Å². The van der Waals surface area contributed by atoms with Crippen LogP contribution < -0.4 is 5.64 Å². The summed E-state index contributed by atoms with van der Waals surface area (Å²) < 4.78 is 0. The molecule has 0 saturated carbocycles. The first-order chi connectivity index (χ1) is 1.91. The summed E-state index contributed by atoms with van der Waals surface area (Å²) >= 11 is 0. The summed E-state index contributed by atoms with van der Waals surface area (Å²) in [6.07, 6.45) is 0. The van der Waals surface area contributed by atoms with Gasteiger partial charge < -0.3 is 0 Å². The molecule has 3 N–H and O–H groups in total. The average Bonchev–Trinajstić information content (AvgIpc) is 1.37. The van der Waals surface area contributed by atoms with Crippen LogP contribution in [0.1, 0.15) is 0 Å². The SMILES string of the molecule is [NH-]N=BN. The van der Waals surface area contributed by atoms with E-state index in [4.69, 9.17) is 5.84 Å². The molecular weight excluding hydrogens is 52.8 g/mol. The van der Waals surface area contributed by atoms with E-state index in [2.05, 4.69) is 10.6 Å². The number of nitrogens with two attached hydrogens (primary N) is 1. The molecule has 0 unspecified atom stereocenters. The summed E-state index contributed by atoms with van der Waals surface area (Å²) in [4.78, 5) is 0. The molecule has 0 aliphatic carbocycles. The summed E-state index contributed by atoms with van der Waals surface area (Å²) in [5.74, 6) is 5.90. The van der Waals surface area contributed by atoms with E-state index in [1.807, 2.05) is 0 Å². The van der Waals surface area contributed by atoms with Gasteiger partial charge in [-0.3, -0.25) is 0 Å². The van der Waals surface area contributed by atoms with Crippen LogP contribution in [0.4, 0.5) is 0 Å². The molecule has 0 aromatic carbocycles. The van der Waals surface area contributed by atoms with Gasteiger partial charge in [-0.05, 0) is 0 Å². The summed E-state index contributed by atoms with van der Waals surface area (Å²) in [6, 6.07) is 0. The average molecular weight is 55.9 g/mol. The molecule has 0 atom stereocenters. The summed E-state index contributed by atoms with van der Waals surface area (Å²) in [5.41, 5.74) is 4.55. The van der Waals surface area contributed by atoms with Gasteiger partial charge in [0.2, 0.25) is 0 Å². The van der Waals surface area contributed by atoms with Crippen LogP contribution in [0, 0.1) is 0 Å². The molecule has 0 aliphatic heterocycles. The molecule has 0 aromatic heterocycles. The van der Waals surface area contributed by atoms with Crippen LogP contribution in [0.15, 0.2) is 5.00 Å². The fourth-order valence-electron chi connectivity index (χ4n) is 0. The Kier molecular flexibility index (Phi) is 2.14. The fraction of sp³-hybridized carbons (Fsp3) is 0. The zero-order valence-corrected chi connectivity index (χ0v) is 2.10. The van der Waals surface area contributed by atoms with E-state index in [0.29, 0.717) is 0 Å². The molecule has 0 bridgehead atoms. The number of hydrogen-bond donors (Lipinski definition) is 1. The van der Waals surface area contributed by atoms with Crippen molar-refractivity contribution in [1.29, 1.82) is 0 Å². The van der Waals surface area contributed by atoms with Crippen molar-refractivity contribution in [1.82, 2.24) is 0 Å². The van der Waals surface area contributed by atoms with Crippen molar-refractivity contribution in [2.24, 2.45) is 10.6 Å². The molecule has 4 heteroatoms. The third-order valence-corrected chi connectivity index (χ3v) is 0.0745. The van der Waals surface area contributed by atoms with Gasteiger partial charge >= 0.3 is 23.7 Å². The van der Waals surface area contributed by atoms with E-state index in [1.165, 1.54) is 0 Å². The van der Waals surface area contributed by atoms with Gasteiger partial charge in [0.05, 0.1) is 0 Å². The van der Waals surface area contributed by atoms with E-state index >= 15 is 0 Å². The van der Waals surface area contributed by atoms with Gasteiger partial charge in [-0.2, -0.15) is 0 Å². The number of nitrogens with zero attached hydrogens (tertiary/aromatic N) is 1. The molecular formula is H3BN3-. The molecule has 3 nitrogen and oxygen atoms in total. The second-order valence-electron chi connectivity index (χ2n) is 0.278. The van der Waals surface area contributed by atoms with Crippen molar-refractivity contribution in [2.45, 2.75) is 0 Å². The van der Waals surface area contributed by atoms with Gasteiger partial charge in [0.1, 0.15) is 0 Å². The first-order valence-corrected chi connectivity index (χ1v) is 0.815. The Bertz CT molecular complexity index is 18.5. The minimum atomic E-state index is 0.917. The monoisotopic (exact) mass is 56.0 g/mol. The quantitative estimate of drug-likeness (QED) is 0.301. The Hall–Kier alpha value is -0.535. The molecule has 0 rings (SSSR count). The Balaban J connectivity index is 2.55. The van der Waals surface area contributed by atoms with Gasteiger partial charge in [-0.1, -0.05) is 0 Å². The summed E-state index contributed by atoms with van der Waals surface area (Å²) in [6.45, 7) is 0. The zero-order valence-electron chi connectivity index (χ0n) is 2.10. The molecule has 0 aliphatic rings. The molecule has 0 aromatic rings. The van der Waals surface area contributed by atoms with Crippen molar-refractivity contribution in [3.63, 3.8) is 0 Å². The van der Waals surface area contributed by atoms with E-state index in [-0.39, 0.29) is 0 Å². The molecule has 0 amide bonds. The normalized spacial score (nSPS) is 7.00. The van der Waals surface area contributed by atoms with Crippen LogP contribution >= 0.6 is 0 Å². The van der Waals surface area contributed by atoms with Crippen LogP contribution in [0.2, 0.25) is 0 Å². The summed E-state index contributed by atoms with van der Waals surface area (Å²) in [7, 11) is 0.917.